The van der Waals surface area contributed by atoms with Crippen LogP contribution in [0.2, 0.25) is 10.0 Å². The van der Waals surface area contributed by atoms with Crippen molar-refractivity contribution in [1.29, 1.82) is 0 Å². The van der Waals surface area contributed by atoms with E-state index < -0.39 is 0 Å². The molecule has 0 radical (unpaired) electrons. The van der Waals surface area contributed by atoms with E-state index in [0.29, 0.717) is 16.6 Å². The lowest BCUT2D eigenvalue weighted by Gasteiger charge is -2.21. The number of hydrogen-bond acceptors (Lipinski definition) is 2. The van der Waals surface area contributed by atoms with Crippen molar-refractivity contribution in [3.8, 4) is 0 Å². The molecule has 0 aliphatic carbocycles. The average molecular weight is 315 g/mol. The van der Waals surface area contributed by atoms with Crippen LogP contribution in [0.15, 0.2) is 18.2 Å². The van der Waals surface area contributed by atoms with Crippen LogP contribution in [0.4, 0.5) is 0 Å². The Bertz CT molecular complexity index is 459. The molecular formula is C15H20Cl2N2O. The standard InChI is InChI=1S/C15H20Cl2N2O/c16-13-6-5-11(14(17)9-13)3-2-8-19-15(20)12-4-1-7-18-10-12/h5-6,9,12,18H,1-4,7-8,10H2,(H,19,20). The van der Waals surface area contributed by atoms with Crippen LogP contribution in [0, 0.1) is 5.92 Å². The van der Waals surface area contributed by atoms with Crippen LogP contribution < -0.4 is 10.6 Å². The summed E-state index contributed by atoms with van der Waals surface area (Å²) in [7, 11) is 0. The van der Waals surface area contributed by atoms with Crippen LogP contribution in [0.5, 0.6) is 0 Å². The Morgan fingerprint density at radius 3 is 2.95 bits per heavy atom. The second-order valence-corrected chi connectivity index (χ2v) is 6.02. The molecule has 1 saturated heterocycles. The Labute approximate surface area is 130 Å². The zero-order valence-electron chi connectivity index (χ0n) is 11.4. The molecule has 1 aromatic carbocycles. The lowest BCUT2D eigenvalue weighted by Crippen LogP contribution is -2.40. The monoisotopic (exact) mass is 314 g/mol. The zero-order chi connectivity index (χ0) is 14.4. The molecule has 1 atom stereocenters. The van der Waals surface area contributed by atoms with Crippen molar-refractivity contribution in [3.63, 3.8) is 0 Å². The smallest absolute Gasteiger partial charge is 0.224 e. The highest BCUT2D eigenvalue weighted by atomic mass is 35.5. The van der Waals surface area contributed by atoms with E-state index in [0.717, 1.165) is 44.3 Å². The molecule has 0 spiro atoms. The molecule has 1 heterocycles. The zero-order valence-corrected chi connectivity index (χ0v) is 12.9. The predicted octanol–water partition coefficient (Wildman–Crippen LogP) is 3.04. The fourth-order valence-electron chi connectivity index (χ4n) is 2.43. The minimum absolute atomic E-state index is 0.128. The van der Waals surface area contributed by atoms with Crippen LogP contribution in [0.3, 0.4) is 0 Å². The molecule has 1 aliphatic rings. The molecule has 3 nitrogen and oxygen atoms in total. The van der Waals surface area contributed by atoms with Gasteiger partial charge in [0, 0.05) is 23.1 Å². The summed E-state index contributed by atoms with van der Waals surface area (Å²) in [6, 6.07) is 5.54. The molecule has 1 amide bonds. The number of piperidine rings is 1. The van der Waals surface area contributed by atoms with Gasteiger partial charge < -0.3 is 10.6 Å². The summed E-state index contributed by atoms with van der Waals surface area (Å²) in [6.07, 6.45) is 3.80. The first-order chi connectivity index (χ1) is 9.66. The van der Waals surface area contributed by atoms with Crippen LogP contribution in [0.25, 0.3) is 0 Å². The van der Waals surface area contributed by atoms with Gasteiger partial charge in [0.2, 0.25) is 5.91 Å². The van der Waals surface area contributed by atoms with Crippen molar-refractivity contribution in [3.05, 3.63) is 33.8 Å². The van der Waals surface area contributed by atoms with Crippen molar-refractivity contribution in [2.75, 3.05) is 19.6 Å². The maximum atomic E-state index is 11.9. The molecule has 1 aliphatic heterocycles. The van der Waals surface area contributed by atoms with Gasteiger partial charge in [-0.05, 0) is 49.9 Å². The maximum Gasteiger partial charge on any atom is 0.224 e. The first-order valence-electron chi connectivity index (χ1n) is 7.09. The third kappa shape index (κ3) is 4.65. The Hall–Kier alpha value is -0.770. The Morgan fingerprint density at radius 1 is 1.40 bits per heavy atom. The highest BCUT2D eigenvalue weighted by Gasteiger charge is 2.19. The van der Waals surface area contributed by atoms with Crippen molar-refractivity contribution < 1.29 is 4.79 Å². The first-order valence-corrected chi connectivity index (χ1v) is 7.85. The normalized spacial score (nSPS) is 18.8. The summed E-state index contributed by atoms with van der Waals surface area (Å²) < 4.78 is 0. The maximum absolute atomic E-state index is 11.9. The number of nitrogens with one attached hydrogen (secondary N) is 2. The van der Waals surface area contributed by atoms with E-state index in [1.165, 1.54) is 0 Å². The number of halogens is 2. The number of carbonyl (C=O) groups is 1. The van der Waals surface area contributed by atoms with Crippen molar-refractivity contribution in [1.82, 2.24) is 10.6 Å². The van der Waals surface area contributed by atoms with Gasteiger partial charge in [-0.1, -0.05) is 29.3 Å². The predicted molar refractivity (Wildman–Crippen MR) is 83.4 cm³/mol. The molecule has 2 N–H and O–H groups in total. The van der Waals surface area contributed by atoms with E-state index in [-0.39, 0.29) is 11.8 Å². The van der Waals surface area contributed by atoms with Crippen LogP contribution in [-0.4, -0.2) is 25.5 Å². The summed E-state index contributed by atoms with van der Waals surface area (Å²) in [5.74, 6) is 0.294. The lowest BCUT2D eigenvalue weighted by molar-refractivity contribution is -0.125. The summed E-state index contributed by atoms with van der Waals surface area (Å²) in [5, 5.41) is 7.60. The third-order valence-electron chi connectivity index (χ3n) is 3.60. The number of hydrogen-bond donors (Lipinski definition) is 2. The summed E-state index contributed by atoms with van der Waals surface area (Å²) >= 11 is 12.0. The first kappa shape index (κ1) is 15.6. The largest absolute Gasteiger partial charge is 0.356 e. The molecule has 2 rings (SSSR count). The highest BCUT2D eigenvalue weighted by Crippen LogP contribution is 2.21. The molecule has 1 fully saturated rings. The number of benzene rings is 1. The number of amides is 1. The molecular weight excluding hydrogens is 295 g/mol. The summed E-state index contributed by atoms with van der Waals surface area (Å²) in [4.78, 5) is 11.9. The average Bonchev–Trinajstić information content (AvgIpc) is 2.46. The minimum Gasteiger partial charge on any atom is -0.356 e. The topological polar surface area (TPSA) is 41.1 Å². The van der Waals surface area contributed by atoms with Gasteiger partial charge in [-0.15, -0.1) is 0 Å². The van der Waals surface area contributed by atoms with Crippen LogP contribution in [0.1, 0.15) is 24.8 Å². The van der Waals surface area contributed by atoms with Gasteiger partial charge in [0.05, 0.1) is 5.92 Å². The second kappa shape index (κ2) is 7.87. The van der Waals surface area contributed by atoms with Gasteiger partial charge in [0.15, 0.2) is 0 Å². The molecule has 5 heteroatoms. The lowest BCUT2D eigenvalue weighted by atomic mass is 9.99. The van der Waals surface area contributed by atoms with E-state index in [1.807, 2.05) is 12.1 Å². The van der Waals surface area contributed by atoms with Gasteiger partial charge in [-0.3, -0.25) is 4.79 Å². The van der Waals surface area contributed by atoms with Gasteiger partial charge in [0.1, 0.15) is 0 Å². The fraction of sp³-hybridized carbons (Fsp3) is 0.533. The van der Waals surface area contributed by atoms with E-state index >= 15 is 0 Å². The van der Waals surface area contributed by atoms with Crippen LogP contribution in [-0.2, 0) is 11.2 Å². The van der Waals surface area contributed by atoms with Crippen LogP contribution >= 0.6 is 23.2 Å². The van der Waals surface area contributed by atoms with E-state index in [2.05, 4.69) is 10.6 Å². The van der Waals surface area contributed by atoms with Crippen molar-refractivity contribution >= 4 is 29.1 Å². The Balaban J connectivity index is 1.69. The molecule has 110 valence electrons. The number of rotatable bonds is 5. The molecule has 0 saturated carbocycles. The fourth-order valence-corrected chi connectivity index (χ4v) is 2.94. The SMILES string of the molecule is O=C(NCCCc1ccc(Cl)cc1Cl)C1CCCNC1. The van der Waals surface area contributed by atoms with Gasteiger partial charge in [0.25, 0.3) is 0 Å². The second-order valence-electron chi connectivity index (χ2n) is 5.17. The van der Waals surface area contributed by atoms with Gasteiger partial charge in [-0.2, -0.15) is 0 Å². The molecule has 0 bridgehead atoms. The Kier molecular flexibility index (Phi) is 6.14. The number of aryl methyl sites for hydroxylation is 1. The highest BCUT2D eigenvalue weighted by molar-refractivity contribution is 6.35. The molecule has 20 heavy (non-hydrogen) atoms. The summed E-state index contributed by atoms with van der Waals surface area (Å²) in [5.41, 5.74) is 1.07. The van der Waals surface area contributed by atoms with Crippen molar-refractivity contribution in [2.24, 2.45) is 5.92 Å². The third-order valence-corrected chi connectivity index (χ3v) is 4.19. The molecule has 1 aromatic rings. The van der Waals surface area contributed by atoms with Gasteiger partial charge >= 0.3 is 0 Å². The van der Waals surface area contributed by atoms with Crippen molar-refractivity contribution in [2.45, 2.75) is 25.7 Å². The minimum atomic E-state index is 0.128. The molecule has 1 unspecified atom stereocenters. The van der Waals surface area contributed by atoms with E-state index in [4.69, 9.17) is 23.2 Å². The summed E-state index contributed by atoms with van der Waals surface area (Å²) in [6.45, 7) is 2.52. The molecule has 0 aromatic heterocycles. The quantitative estimate of drug-likeness (QED) is 0.820. The van der Waals surface area contributed by atoms with E-state index in [9.17, 15) is 4.79 Å². The number of carbonyl (C=O) groups excluding carboxylic acids is 1. The van der Waals surface area contributed by atoms with Gasteiger partial charge in [-0.25, -0.2) is 0 Å². The van der Waals surface area contributed by atoms with E-state index in [1.54, 1.807) is 6.07 Å². The Morgan fingerprint density at radius 2 is 2.25 bits per heavy atom.